The Labute approximate surface area is 182 Å². The van der Waals surface area contributed by atoms with Crippen LogP contribution in [0, 0.1) is 0 Å². The van der Waals surface area contributed by atoms with Crippen LogP contribution in [0.3, 0.4) is 0 Å². The van der Waals surface area contributed by atoms with E-state index in [1.165, 1.54) is 15.3 Å². The van der Waals surface area contributed by atoms with Crippen molar-refractivity contribution in [2.24, 2.45) is 0 Å². The third-order valence-electron chi connectivity index (χ3n) is 5.38. The van der Waals surface area contributed by atoms with Crippen LogP contribution in [0.2, 0.25) is 0 Å². The molecule has 2 heterocycles. The quantitative estimate of drug-likeness (QED) is 0.779. The SMILES string of the molecule is C[C@@H]1CN(S(=O)(=O)c2cccc(C(=O)N[C@@H]3CCSc4ccccc43)c2)C[C@H](C)O1. The summed E-state index contributed by atoms with van der Waals surface area (Å²) in [5.41, 5.74) is 1.46. The first-order chi connectivity index (χ1) is 14.3. The number of nitrogens with zero attached hydrogens (tertiary/aromatic N) is 1. The molecule has 0 bridgehead atoms. The van der Waals surface area contributed by atoms with Gasteiger partial charge >= 0.3 is 0 Å². The van der Waals surface area contributed by atoms with Gasteiger partial charge in [0.2, 0.25) is 10.0 Å². The molecule has 2 aromatic rings. The van der Waals surface area contributed by atoms with E-state index in [-0.39, 0.29) is 29.1 Å². The van der Waals surface area contributed by atoms with Crippen molar-refractivity contribution in [3.05, 3.63) is 59.7 Å². The number of hydrogen-bond donors (Lipinski definition) is 1. The lowest BCUT2D eigenvalue weighted by Gasteiger charge is -2.34. The lowest BCUT2D eigenvalue weighted by Crippen LogP contribution is -2.48. The van der Waals surface area contributed by atoms with Crippen molar-refractivity contribution in [1.82, 2.24) is 9.62 Å². The van der Waals surface area contributed by atoms with Crippen LogP contribution in [-0.4, -0.2) is 49.7 Å². The molecule has 0 radical (unpaired) electrons. The van der Waals surface area contributed by atoms with E-state index >= 15 is 0 Å². The number of fused-ring (bicyclic) bond motifs is 1. The molecule has 1 amide bonds. The number of thioether (sulfide) groups is 1. The monoisotopic (exact) mass is 446 g/mol. The number of nitrogens with one attached hydrogen (secondary N) is 1. The molecule has 4 rings (SSSR count). The number of hydrogen-bond acceptors (Lipinski definition) is 5. The molecule has 160 valence electrons. The van der Waals surface area contributed by atoms with Crippen LogP contribution >= 0.6 is 11.8 Å². The Morgan fingerprint density at radius 2 is 1.83 bits per heavy atom. The van der Waals surface area contributed by atoms with Gasteiger partial charge in [0, 0.05) is 29.3 Å². The molecule has 30 heavy (non-hydrogen) atoms. The van der Waals surface area contributed by atoms with E-state index in [9.17, 15) is 13.2 Å². The van der Waals surface area contributed by atoms with Crippen LogP contribution < -0.4 is 5.32 Å². The normalized spacial score (nSPS) is 24.8. The van der Waals surface area contributed by atoms with E-state index in [1.54, 1.807) is 30.0 Å². The van der Waals surface area contributed by atoms with Gasteiger partial charge in [-0.25, -0.2) is 8.42 Å². The van der Waals surface area contributed by atoms with Crippen LogP contribution in [0.15, 0.2) is 58.3 Å². The summed E-state index contributed by atoms with van der Waals surface area (Å²) >= 11 is 1.79. The van der Waals surface area contributed by atoms with Crippen molar-refractivity contribution >= 4 is 27.7 Å². The number of carbonyl (C=O) groups excluding carboxylic acids is 1. The zero-order chi connectivity index (χ0) is 21.3. The lowest BCUT2D eigenvalue weighted by molar-refractivity contribution is -0.0440. The summed E-state index contributed by atoms with van der Waals surface area (Å²) < 4.78 is 33.4. The maximum Gasteiger partial charge on any atom is 0.251 e. The number of amides is 1. The minimum absolute atomic E-state index is 0.0730. The highest BCUT2D eigenvalue weighted by molar-refractivity contribution is 7.99. The van der Waals surface area contributed by atoms with Crippen molar-refractivity contribution in [2.75, 3.05) is 18.8 Å². The maximum atomic E-state index is 13.1. The molecular weight excluding hydrogens is 420 g/mol. The predicted molar refractivity (Wildman–Crippen MR) is 117 cm³/mol. The molecule has 0 aliphatic carbocycles. The molecule has 1 N–H and O–H groups in total. The molecule has 1 fully saturated rings. The van der Waals surface area contributed by atoms with Crippen molar-refractivity contribution < 1.29 is 17.9 Å². The van der Waals surface area contributed by atoms with Gasteiger partial charge in [-0.2, -0.15) is 4.31 Å². The molecule has 0 saturated carbocycles. The number of sulfonamides is 1. The highest BCUT2D eigenvalue weighted by atomic mass is 32.2. The third-order valence-corrected chi connectivity index (χ3v) is 8.33. The second-order valence-corrected chi connectivity index (χ2v) is 10.9. The van der Waals surface area contributed by atoms with Gasteiger partial charge in [-0.15, -0.1) is 11.8 Å². The van der Waals surface area contributed by atoms with Gasteiger partial charge in [0.15, 0.2) is 0 Å². The van der Waals surface area contributed by atoms with Gasteiger partial charge < -0.3 is 10.1 Å². The number of benzene rings is 2. The summed E-state index contributed by atoms with van der Waals surface area (Å²) in [6, 6.07) is 14.3. The highest BCUT2D eigenvalue weighted by Crippen LogP contribution is 2.36. The fourth-order valence-electron chi connectivity index (χ4n) is 4.01. The zero-order valence-corrected chi connectivity index (χ0v) is 18.7. The van der Waals surface area contributed by atoms with E-state index < -0.39 is 10.0 Å². The van der Waals surface area contributed by atoms with Crippen LogP contribution in [0.5, 0.6) is 0 Å². The molecule has 2 aliphatic heterocycles. The molecule has 2 aromatic carbocycles. The van der Waals surface area contributed by atoms with Gasteiger partial charge in [-0.1, -0.05) is 24.3 Å². The summed E-state index contributed by atoms with van der Waals surface area (Å²) in [5, 5.41) is 3.08. The minimum atomic E-state index is -3.70. The van der Waals surface area contributed by atoms with Crippen LogP contribution in [0.1, 0.15) is 42.2 Å². The van der Waals surface area contributed by atoms with Crippen molar-refractivity contribution in [3.8, 4) is 0 Å². The summed E-state index contributed by atoms with van der Waals surface area (Å²) in [6.45, 7) is 4.34. The Kier molecular flexibility index (Phi) is 6.20. The molecule has 0 aromatic heterocycles. The summed E-state index contributed by atoms with van der Waals surface area (Å²) in [5.74, 6) is 0.673. The second-order valence-electron chi connectivity index (χ2n) is 7.81. The average molecular weight is 447 g/mol. The number of ether oxygens (including phenoxy) is 1. The molecule has 8 heteroatoms. The third kappa shape index (κ3) is 4.42. The number of rotatable bonds is 4. The van der Waals surface area contributed by atoms with Crippen LogP contribution in [0.4, 0.5) is 0 Å². The number of carbonyl (C=O) groups is 1. The molecule has 2 aliphatic rings. The standard InChI is InChI=1S/C22H26N2O4S2/c1-15-13-24(14-16(2)28-15)30(26,27)18-7-5-6-17(12-18)22(25)23-20-10-11-29-21-9-4-3-8-19(20)21/h3-9,12,15-16,20H,10-11,13-14H2,1-2H3,(H,23,25)/t15-,16+,20-/m1/s1. The molecule has 6 nitrogen and oxygen atoms in total. The molecule has 0 spiro atoms. The Hall–Kier alpha value is -1.87. The summed E-state index contributed by atoms with van der Waals surface area (Å²) in [7, 11) is -3.70. The minimum Gasteiger partial charge on any atom is -0.373 e. The Morgan fingerprint density at radius 1 is 1.10 bits per heavy atom. The summed E-state index contributed by atoms with van der Waals surface area (Å²) in [6.07, 6.45) is 0.507. The van der Waals surface area contributed by atoms with Crippen molar-refractivity contribution in [2.45, 2.75) is 48.3 Å². The van der Waals surface area contributed by atoms with E-state index in [0.717, 1.165) is 17.7 Å². The smallest absolute Gasteiger partial charge is 0.251 e. The van der Waals surface area contributed by atoms with Gasteiger partial charge in [-0.3, -0.25) is 4.79 Å². The van der Waals surface area contributed by atoms with E-state index in [2.05, 4.69) is 11.4 Å². The molecule has 3 atom stereocenters. The Balaban J connectivity index is 1.54. The second kappa shape index (κ2) is 8.70. The van der Waals surface area contributed by atoms with Crippen LogP contribution in [0.25, 0.3) is 0 Å². The van der Waals surface area contributed by atoms with Crippen molar-refractivity contribution in [3.63, 3.8) is 0 Å². The average Bonchev–Trinajstić information content (AvgIpc) is 2.73. The molecule has 0 unspecified atom stereocenters. The Morgan fingerprint density at radius 3 is 2.60 bits per heavy atom. The van der Waals surface area contributed by atoms with Gasteiger partial charge in [0.05, 0.1) is 23.1 Å². The maximum absolute atomic E-state index is 13.1. The van der Waals surface area contributed by atoms with E-state index in [1.807, 2.05) is 32.0 Å². The zero-order valence-electron chi connectivity index (χ0n) is 17.1. The Bertz CT molecular complexity index is 1030. The van der Waals surface area contributed by atoms with E-state index in [4.69, 9.17) is 4.74 Å². The molecular formula is C22H26N2O4S2. The number of morpholine rings is 1. The first-order valence-electron chi connectivity index (χ1n) is 10.1. The predicted octanol–water partition coefficient (Wildman–Crippen LogP) is 3.45. The first kappa shape index (κ1) is 21.4. The van der Waals surface area contributed by atoms with Gasteiger partial charge in [0.1, 0.15) is 0 Å². The molecule has 1 saturated heterocycles. The van der Waals surface area contributed by atoms with Crippen molar-refractivity contribution in [1.29, 1.82) is 0 Å². The largest absolute Gasteiger partial charge is 0.373 e. The fourth-order valence-corrected chi connectivity index (χ4v) is 6.77. The highest BCUT2D eigenvalue weighted by Gasteiger charge is 2.32. The fraction of sp³-hybridized carbons (Fsp3) is 0.409. The van der Waals surface area contributed by atoms with Gasteiger partial charge in [-0.05, 0) is 50.1 Å². The summed E-state index contributed by atoms with van der Waals surface area (Å²) in [4.78, 5) is 14.3. The van der Waals surface area contributed by atoms with E-state index in [0.29, 0.717) is 18.7 Å². The topological polar surface area (TPSA) is 75.7 Å². The van der Waals surface area contributed by atoms with Crippen LogP contribution in [-0.2, 0) is 14.8 Å². The van der Waals surface area contributed by atoms with Gasteiger partial charge in [0.25, 0.3) is 5.91 Å². The lowest BCUT2D eigenvalue weighted by atomic mass is 10.0. The first-order valence-corrected chi connectivity index (χ1v) is 12.6.